The van der Waals surface area contributed by atoms with Crippen molar-refractivity contribution >= 4 is 21.1 Å². The molecule has 0 unspecified atom stereocenters. The summed E-state index contributed by atoms with van der Waals surface area (Å²) >= 11 is 0. The number of nitrogens with one attached hydrogen (secondary N) is 1. The van der Waals surface area contributed by atoms with E-state index in [1.807, 2.05) is 12.1 Å². The number of hydrogen-bond acceptors (Lipinski definition) is 6. The van der Waals surface area contributed by atoms with Crippen LogP contribution in [0.4, 0.5) is 0 Å². The molecule has 0 fully saturated rings. The lowest BCUT2D eigenvalue weighted by Gasteiger charge is -2.28. The van der Waals surface area contributed by atoms with Gasteiger partial charge in [0.1, 0.15) is 0 Å². The predicted octanol–water partition coefficient (Wildman–Crippen LogP) is 1.60. The molecule has 0 saturated heterocycles. The maximum Gasteiger partial charge on any atom is 0.417 e. The van der Waals surface area contributed by atoms with Crippen molar-refractivity contribution in [3.63, 3.8) is 0 Å². The highest BCUT2D eigenvalue weighted by Gasteiger charge is 2.30. The minimum absolute atomic E-state index is 0.0944. The van der Waals surface area contributed by atoms with Crippen molar-refractivity contribution in [1.29, 1.82) is 0 Å². The molecular formula is C17H14N2O6S. The SMILES string of the molecule is O=c1[nH]c2ccc(S(=O)(=O)N3CCc4cc5c(cc4C3)OCO5)cc2o1. The monoisotopic (exact) mass is 374 g/mol. The molecule has 2 aromatic carbocycles. The van der Waals surface area contributed by atoms with Gasteiger partial charge in [0.2, 0.25) is 16.8 Å². The van der Waals surface area contributed by atoms with Crippen LogP contribution in [0.3, 0.4) is 0 Å². The summed E-state index contributed by atoms with van der Waals surface area (Å²) in [5.74, 6) is 0.726. The van der Waals surface area contributed by atoms with E-state index in [4.69, 9.17) is 13.9 Å². The molecule has 2 aliphatic rings. The lowest BCUT2D eigenvalue weighted by atomic mass is 10.0. The largest absolute Gasteiger partial charge is 0.454 e. The van der Waals surface area contributed by atoms with E-state index in [2.05, 4.69) is 4.98 Å². The van der Waals surface area contributed by atoms with Crippen LogP contribution in [0.1, 0.15) is 11.1 Å². The molecule has 0 atom stereocenters. The van der Waals surface area contributed by atoms with Crippen LogP contribution in [0.15, 0.2) is 44.4 Å². The third-order valence-corrected chi connectivity index (χ3v) is 6.54. The lowest BCUT2D eigenvalue weighted by molar-refractivity contribution is 0.174. The van der Waals surface area contributed by atoms with Crippen LogP contribution < -0.4 is 15.2 Å². The van der Waals surface area contributed by atoms with Crippen molar-refractivity contribution < 1.29 is 22.3 Å². The van der Waals surface area contributed by atoms with Crippen molar-refractivity contribution in [2.75, 3.05) is 13.3 Å². The van der Waals surface area contributed by atoms with Crippen LogP contribution in [0.25, 0.3) is 11.1 Å². The van der Waals surface area contributed by atoms with Gasteiger partial charge >= 0.3 is 5.76 Å². The predicted molar refractivity (Wildman–Crippen MR) is 90.7 cm³/mol. The number of aromatic amines is 1. The van der Waals surface area contributed by atoms with Crippen LogP contribution in [0, 0.1) is 0 Å². The molecule has 0 bridgehead atoms. The first-order chi connectivity index (χ1) is 12.5. The van der Waals surface area contributed by atoms with E-state index in [1.165, 1.54) is 22.5 Å². The Morgan fingerprint density at radius 1 is 1.04 bits per heavy atom. The van der Waals surface area contributed by atoms with Crippen LogP contribution in [0.2, 0.25) is 0 Å². The Hall–Kier alpha value is -2.78. The molecule has 0 radical (unpaired) electrons. The second-order valence-corrected chi connectivity index (χ2v) is 8.17. The molecule has 3 aromatic rings. The molecule has 0 amide bonds. The first-order valence-corrected chi connectivity index (χ1v) is 9.49. The highest BCUT2D eigenvalue weighted by molar-refractivity contribution is 7.89. The second-order valence-electron chi connectivity index (χ2n) is 6.24. The summed E-state index contributed by atoms with van der Waals surface area (Å²) in [6, 6.07) is 8.13. The van der Waals surface area contributed by atoms with Crippen molar-refractivity contribution in [3.8, 4) is 11.5 Å². The van der Waals surface area contributed by atoms with Gasteiger partial charge in [0.05, 0.1) is 10.4 Å². The number of nitrogens with zero attached hydrogens (tertiary/aromatic N) is 1. The number of benzene rings is 2. The highest BCUT2D eigenvalue weighted by atomic mass is 32.2. The number of rotatable bonds is 2. The summed E-state index contributed by atoms with van der Waals surface area (Å²) in [7, 11) is -3.72. The van der Waals surface area contributed by atoms with E-state index < -0.39 is 15.8 Å². The van der Waals surface area contributed by atoms with Gasteiger partial charge in [0, 0.05) is 19.2 Å². The maximum absolute atomic E-state index is 13.0. The molecule has 0 spiro atoms. The van der Waals surface area contributed by atoms with Crippen molar-refractivity contribution in [2.45, 2.75) is 17.9 Å². The summed E-state index contributed by atoms with van der Waals surface area (Å²) in [6.07, 6.45) is 0.590. The lowest BCUT2D eigenvalue weighted by Crippen LogP contribution is -2.35. The standard InChI is InChI=1S/C17H14N2O6S/c20-17-18-13-2-1-12(7-14(13)25-17)26(21,22)19-4-3-10-5-15-16(24-9-23-15)6-11(10)8-19/h1-2,5-7H,3-4,8-9H2,(H,18,20). The number of hydrogen-bond donors (Lipinski definition) is 1. The molecule has 9 heteroatoms. The number of fused-ring (bicyclic) bond motifs is 3. The molecule has 1 aromatic heterocycles. The van der Waals surface area contributed by atoms with Gasteiger partial charge in [-0.2, -0.15) is 4.31 Å². The van der Waals surface area contributed by atoms with Gasteiger partial charge in [-0.3, -0.25) is 4.98 Å². The Kier molecular flexibility index (Phi) is 3.19. The zero-order chi connectivity index (χ0) is 17.9. The molecule has 2 aliphatic heterocycles. The van der Waals surface area contributed by atoms with E-state index in [9.17, 15) is 13.2 Å². The second kappa shape index (κ2) is 5.36. The van der Waals surface area contributed by atoms with E-state index >= 15 is 0 Å². The number of aromatic nitrogens is 1. The molecule has 3 heterocycles. The van der Waals surface area contributed by atoms with Gasteiger partial charge in [-0.1, -0.05) is 0 Å². The molecule has 26 heavy (non-hydrogen) atoms. The first-order valence-electron chi connectivity index (χ1n) is 8.05. The third kappa shape index (κ3) is 2.31. The fourth-order valence-electron chi connectivity index (χ4n) is 3.36. The summed E-state index contributed by atoms with van der Waals surface area (Å²) in [5, 5.41) is 0. The fraction of sp³-hybridized carbons (Fsp3) is 0.235. The van der Waals surface area contributed by atoms with E-state index in [1.54, 1.807) is 0 Å². The Labute approximate surface area is 148 Å². The van der Waals surface area contributed by atoms with Crippen LogP contribution in [0.5, 0.6) is 11.5 Å². The van der Waals surface area contributed by atoms with Gasteiger partial charge in [-0.05, 0) is 41.8 Å². The minimum Gasteiger partial charge on any atom is -0.454 e. The Morgan fingerprint density at radius 2 is 1.81 bits per heavy atom. The highest BCUT2D eigenvalue weighted by Crippen LogP contribution is 2.37. The smallest absolute Gasteiger partial charge is 0.417 e. The molecule has 5 rings (SSSR count). The Balaban J connectivity index is 1.51. The molecule has 1 N–H and O–H groups in total. The van der Waals surface area contributed by atoms with Crippen LogP contribution >= 0.6 is 0 Å². The van der Waals surface area contributed by atoms with Crippen LogP contribution in [-0.2, 0) is 23.0 Å². The van der Waals surface area contributed by atoms with Crippen molar-refractivity contribution in [2.24, 2.45) is 0 Å². The van der Waals surface area contributed by atoms with E-state index in [-0.39, 0.29) is 23.8 Å². The van der Waals surface area contributed by atoms with Crippen LogP contribution in [-0.4, -0.2) is 31.0 Å². The van der Waals surface area contributed by atoms with E-state index in [0.29, 0.717) is 30.0 Å². The zero-order valence-corrected chi connectivity index (χ0v) is 14.3. The van der Waals surface area contributed by atoms with Gasteiger partial charge in [-0.15, -0.1) is 0 Å². The molecule has 0 saturated carbocycles. The Bertz CT molecular complexity index is 1190. The normalized spacial score (nSPS) is 16.8. The molecular weight excluding hydrogens is 360 g/mol. The number of sulfonamides is 1. The van der Waals surface area contributed by atoms with Gasteiger partial charge in [-0.25, -0.2) is 13.2 Å². The topological polar surface area (TPSA) is 102 Å². The average molecular weight is 374 g/mol. The summed E-state index contributed by atoms with van der Waals surface area (Å²) in [4.78, 5) is 13.9. The third-order valence-electron chi connectivity index (χ3n) is 4.70. The summed E-state index contributed by atoms with van der Waals surface area (Å²) in [5.41, 5.74) is 2.65. The molecule has 0 aliphatic carbocycles. The zero-order valence-electron chi connectivity index (χ0n) is 13.5. The van der Waals surface area contributed by atoms with Gasteiger partial charge in [0.25, 0.3) is 0 Å². The number of H-pyrrole nitrogens is 1. The fourth-order valence-corrected chi connectivity index (χ4v) is 4.80. The Morgan fingerprint density at radius 3 is 2.62 bits per heavy atom. The van der Waals surface area contributed by atoms with Crippen molar-refractivity contribution in [1.82, 2.24) is 9.29 Å². The number of oxazole rings is 1. The summed E-state index contributed by atoms with van der Waals surface area (Å²) < 4.78 is 43.2. The first kappa shape index (κ1) is 15.5. The maximum atomic E-state index is 13.0. The van der Waals surface area contributed by atoms with Crippen molar-refractivity contribution in [3.05, 3.63) is 52.0 Å². The van der Waals surface area contributed by atoms with Gasteiger partial charge in [0.15, 0.2) is 17.1 Å². The molecule has 8 nitrogen and oxygen atoms in total. The van der Waals surface area contributed by atoms with E-state index in [0.717, 1.165) is 11.1 Å². The quantitative estimate of drug-likeness (QED) is 0.731. The average Bonchev–Trinajstić information content (AvgIpc) is 3.22. The summed E-state index contributed by atoms with van der Waals surface area (Å²) in [6.45, 7) is 0.801. The molecule has 134 valence electrons. The van der Waals surface area contributed by atoms with Gasteiger partial charge < -0.3 is 13.9 Å². The number of ether oxygens (including phenoxy) is 2. The minimum atomic E-state index is -3.72.